The Labute approximate surface area is 77.8 Å². The van der Waals surface area contributed by atoms with Crippen LogP contribution in [0.4, 0.5) is 0 Å². The van der Waals surface area contributed by atoms with Crippen LogP contribution in [0, 0.1) is 5.92 Å². The molecule has 0 saturated heterocycles. The van der Waals surface area contributed by atoms with Gasteiger partial charge in [0.2, 0.25) is 0 Å². The van der Waals surface area contributed by atoms with E-state index in [4.69, 9.17) is 4.43 Å². The number of rotatable bonds is 6. The average Bonchev–Trinajstić information content (AvgIpc) is 2.00. The van der Waals surface area contributed by atoms with E-state index < -0.39 is 8.32 Å². The van der Waals surface area contributed by atoms with Gasteiger partial charge in [-0.15, -0.1) is 0 Å². The molecule has 2 nitrogen and oxygen atoms in total. The first kappa shape index (κ1) is 12.1. The van der Waals surface area contributed by atoms with Crippen LogP contribution in [0.2, 0.25) is 19.1 Å². The first-order valence-corrected chi connectivity index (χ1v) is 7.89. The van der Waals surface area contributed by atoms with Crippen molar-refractivity contribution in [3.63, 3.8) is 0 Å². The van der Waals surface area contributed by atoms with Gasteiger partial charge in [0.25, 0.3) is 0 Å². The summed E-state index contributed by atoms with van der Waals surface area (Å²) in [6.07, 6.45) is 0. The lowest BCUT2D eigenvalue weighted by Crippen LogP contribution is -2.33. The molecule has 0 aliphatic carbocycles. The van der Waals surface area contributed by atoms with Crippen LogP contribution in [-0.2, 0) is 4.43 Å². The molecule has 0 bridgehead atoms. The van der Waals surface area contributed by atoms with E-state index in [1.807, 2.05) is 7.11 Å². The van der Waals surface area contributed by atoms with Crippen LogP contribution in [0.5, 0.6) is 0 Å². The second kappa shape index (κ2) is 5.73. The zero-order valence-electron chi connectivity index (χ0n) is 9.11. The third-order valence-corrected chi connectivity index (χ3v) is 4.92. The average molecular weight is 189 g/mol. The van der Waals surface area contributed by atoms with Crippen molar-refractivity contribution in [1.29, 1.82) is 0 Å². The Morgan fingerprint density at radius 2 is 2.00 bits per heavy atom. The van der Waals surface area contributed by atoms with Crippen LogP contribution in [-0.4, -0.2) is 28.5 Å². The van der Waals surface area contributed by atoms with Gasteiger partial charge >= 0.3 is 0 Å². The van der Waals surface area contributed by atoms with Crippen LogP contribution in [0.25, 0.3) is 0 Å². The monoisotopic (exact) mass is 189 g/mol. The minimum Gasteiger partial charge on any atom is -0.420 e. The number of nitrogens with one attached hydrogen (secondary N) is 1. The van der Waals surface area contributed by atoms with E-state index in [0.717, 1.165) is 19.0 Å². The molecular formula is C9H23NOSi. The van der Waals surface area contributed by atoms with Gasteiger partial charge in [0.15, 0.2) is 8.32 Å². The maximum Gasteiger partial charge on any atom is 0.186 e. The van der Waals surface area contributed by atoms with Crippen molar-refractivity contribution in [3.05, 3.63) is 0 Å². The van der Waals surface area contributed by atoms with Gasteiger partial charge in [-0.2, -0.15) is 0 Å². The topological polar surface area (TPSA) is 21.3 Å². The van der Waals surface area contributed by atoms with Gasteiger partial charge in [-0.1, -0.05) is 13.8 Å². The molecule has 0 aliphatic heterocycles. The second-order valence-corrected chi connectivity index (χ2v) is 8.42. The standard InChI is InChI=1S/C9H23NOSi/c1-6-10-7-9(2)8-12(4,5)11-3/h9-10H,6-8H2,1-5H3. The second-order valence-electron chi connectivity index (χ2n) is 4.08. The predicted octanol–water partition coefficient (Wildman–Crippen LogP) is 2.08. The van der Waals surface area contributed by atoms with E-state index >= 15 is 0 Å². The molecule has 0 rings (SSSR count). The third kappa shape index (κ3) is 5.74. The van der Waals surface area contributed by atoms with Crippen molar-refractivity contribution < 1.29 is 4.43 Å². The van der Waals surface area contributed by atoms with Crippen molar-refractivity contribution in [3.8, 4) is 0 Å². The smallest absolute Gasteiger partial charge is 0.186 e. The molecule has 74 valence electrons. The molecule has 0 heterocycles. The molecule has 0 radical (unpaired) electrons. The zero-order chi connectivity index (χ0) is 9.61. The fourth-order valence-electron chi connectivity index (χ4n) is 1.39. The summed E-state index contributed by atoms with van der Waals surface area (Å²) in [4.78, 5) is 0. The lowest BCUT2D eigenvalue weighted by molar-refractivity contribution is 0.391. The maximum atomic E-state index is 5.50. The van der Waals surface area contributed by atoms with E-state index in [1.165, 1.54) is 6.04 Å². The molecule has 1 N–H and O–H groups in total. The molecule has 0 fully saturated rings. The van der Waals surface area contributed by atoms with Crippen molar-refractivity contribution in [2.45, 2.75) is 33.0 Å². The van der Waals surface area contributed by atoms with Crippen LogP contribution >= 0.6 is 0 Å². The Bertz CT molecular complexity index is 117. The van der Waals surface area contributed by atoms with Crippen molar-refractivity contribution in [2.24, 2.45) is 5.92 Å². The molecule has 1 atom stereocenters. The molecule has 0 aromatic rings. The van der Waals surface area contributed by atoms with E-state index in [-0.39, 0.29) is 0 Å². The Kier molecular flexibility index (Phi) is 5.79. The summed E-state index contributed by atoms with van der Waals surface area (Å²) in [5.74, 6) is 0.742. The van der Waals surface area contributed by atoms with Crippen molar-refractivity contribution >= 4 is 8.32 Å². The third-order valence-electron chi connectivity index (χ3n) is 2.14. The molecule has 0 saturated carbocycles. The van der Waals surface area contributed by atoms with Gasteiger partial charge in [-0.3, -0.25) is 0 Å². The van der Waals surface area contributed by atoms with Gasteiger partial charge in [0, 0.05) is 7.11 Å². The fraction of sp³-hybridized carbons (Fsp3) is 1.00. The van der Waals surface area contributed by atoms with Crippen molar-refractivity contribution in [1.82, 2.24) is 5.32 Å². The highest BCUT2D eigenvalue weighted by Gasteiger charge is 2.23. The first-order valence-electron chi connectivity index (χ1n) is 4.77. The molecule has 0 aromatic heterocycles. The van der Waals surface area contributed by atoms with Gasteiger partial charge < -0.3 is 9.74 Å². The highest BCUT2D eigenvalue weighted by Crippen LogP contribution is 2.16. The summed E-state index contributed by atoms with van der Waals surface area (Å²) in [5.41, 5.74) is 0. The SMILES string of the molecule is CCNCC(C)C[Si](C)(C)OC. The molecule has 0 aliphatic rings. The van der Waals surface area contributed by atoms with Gasteiger partial charge in [-0.25, -0.2) is 0 Å². The fourth-order valence-corrected chi connectivity index (χ4v) is 3.37. The summed E-state index contributed by atoms with van der Waals surface area (Å²) < 4.78 is 5.50. The van der Waals surface area contributed by atoms with Crippen LogP contribution in [0.3, 0.4) is 0 Å². The quantitative estimate of drug-likeness (QED) is 0.646. The largest absolute Gasteiger partial charge is 0.420 e. The minimum absolute atomic E-state index is 0.742. The molecule has 0 aromatic carbocycles. The molecule has 12 heavy (non-hydrogen) atoms. The van der Waals surface area contributed by atoms with E-state index in [0.29, 0.717) is 0 Å². The Morgan fingerprint density at radius 3 is 2.42 bits per heavy atom. The Balaban J connectivity index is 3.60. The molecule has 0 amide bonds. The lowest BCUT2D eigenvalue weighted by Gasteiger charge is -2.24. The Hall–Kier alpha value is 0.137. The highest BCUT2D eigenvalue weighted by molar-refractivity contribution is 6.71. The predicted molar refractivity (Wildman–Crippen MR) is 57.0 cm³/mol. The maximum absolute atomic E-state index is 5.50. The van der Waals surface area contributed by atoms with Crippen LogP contribution in [0.1, 0.15) is 13.8 Å². The lowest BCUT2D eigenvalue weighted by atomic mass is 10.2. The Morgan fingerprint density at radius 1 is 1.42 bits per heavy atom. The summed E-state index contributed by atoms with van der Waals surface area (Å²) >= 11 is 0. The molecular weight excluding hydrogens is 166 g/mol. The first-order chi connectivity index (χ1) is 5.52. The zero-order valence-corrected chi connectivity index (χ0v) is 10.1. The minimum atomic E-state index is -1.33. The van der Waals surface area contributed by atoms with E-state index in [9.17, 15) is 0 Å². The van der Waals surface area contributed by atoms with Gasteiger partial charge in [-0.05, 0) is 38.1 Å². The van der Waals surface area contributed by atoms with Crippen molar-refractivity contribution in [2.75, 3.05) is 20.2 Å². The van der Waals surface area contributed by atoms with Crippen LogP contribution in [0.15, 0.2) is 0 Å². The summed E-state index contributed by atoms with van der Waals surface area (Å²) in [6, 6.07) is 1.25. The van der Waals surface area contributed by atoms with E-state index in [1.54, 1.807) is 0 Å². The normalized spacial score (nSPS) is 14.8. The van der Waals surface area contributed by atoms with E-state index in [2.05, 4.69) is 32.3 Å². The molecule has 3 heteroatoms. The van der Waals surface area contributed by atoms with Gasteiger partial charge in [0.05, 0.1) is 0 Å². The number of hydrogen-bond donors (Lipinski definition) is 1. The summed E-state index contributed by atoms with van der Waals surface area (Å²) in [5, 5.41) is 3.36. The van der Waals surface area contributed by atoms with Gasteiger partial charge in [0.1, 0.15) is 0 Å². The van der Waals surface area contributed by atoms with Crippen LogP contribution < -0.4 is 5.32 Å². The number of hydrogen-bond acceptors (Lipinski definition) is 2. The molecule has 0 spiro atoms. The summed E-state index contributed by atoms with van der Waals surface area (Å²) in [6.45, 7) is 11.2. The highest BCUT2D eigenvalue weighted by atomic mass is 28.4. The summed E-state index contributed by atoms with van der Waals surface area (Å²) in [7, 11) is 0.509. The molecule has 1 unspecified atom stereocenters.